The minimum atomic E-state index is -1.18. The number of aromatic nitrogens is 2. The number of nitrogens with zero attached hydrogens (tertiary/aromatic N) is 5. The van der Waals surface area contributed by atoms with Crippen molar-refractivity contribution in [3.63, 3.8) is 0 Å². The van der Waals surface area contributed by atoms with E-state index in [4.69, 9.17) is 9.72 Å². The van der Waals surface area contributed by atoms with Crippen molar-refractivity contribution in [3.05, 3.63) is 35.4 Å². The third kappa shape index (κ3) is 4.86. The first-order valence-corrected chi connectivity index (χ1v) is 13.2. The van der Waals surface area contributed by atoms with Crippen LogP contribution in [0.4, 0.5) is 26.1 Å². The van der Waals surface area contributed by atoms with E-state index in [2.05, 4.69) is 27.6 Å². The van der Waals surface area contributed by atoms with Crippen LogP contribution in [0.2, 0.25) is 0 Å². The molecule has 13 heteroatoms. The molecule has 0 saturated heterocycles. The average molecular weight is 536 g/mol. The lowest BCUT2D eigenvalue weighted by molar-refractivity contribution is -0.117. The largest absolute Gasteiger partial charge is 0.387 e. The number of aldehydes is 1. The number of likely N-dealkylation sites (N-methyl/N-ethyl adjacent to an activating group) is 1. The third-order valence-corrected chi connectivity index (χ3v) is 8.20. The van der Waals surface area contributed by atoms with Crippen LogP contribution in [0.15, 0.2) is 33.7 Å². The Balaban J connectivity index is 1.43. The number of quaternary nitrogens is 1. The summed E-state index contributed by atoms with van der Waals surface area (Å²) in [5, 5.41) is 34.1. The third-order valence-electron chi connectivity index (χ3n) is 7.15. The zero-order chi connectivity index (χ0) is 26.3. The van der Waals surface area contributed by atoms with Gasteiger partial charge in [-0.05, 0) is 30.5 Å². The topological polar surface area (TPSA) is 129 Å². The van der Waals surface area contributed by atoms with Gasteiger partial charge in [0.2, 0.25) is 5.69 Å². The highest BCUT2D eigenvalue weighted by Gasteiger charge is 2.57. The Labute approximate surface area is 216 Å². The molecule has 2 aliphatic carbocycles. The van der Waals surface area contributed by atoms with E-state index in [-0.39, 0.29) is 29.6 Å². The standard InChI is InChI=1S/C24H29F2N6O4S/c1-3-8-37-24-28-22(27-16-10-13(16)12-4-5-14(25)15(26)9-12)19-23(29-24)32(2,31-30-19)17-11-18(36-7-6-33)21(35)20(17)34/h4-6,9,13,16-18,20-21,34-35H,3,7-8,10-11H2,1-2H3,(H,27,28,29)/q+1. The number of anilines is 1. The molecule has 0 bridgehead atoms. The highest BCUT2D eigenvalue weighted by atomic mass is 32.2. The number of fused-ring (bicyclic) bond motifs is 1. The Kier molecular flexibility index (Phi) is 7.24. The molecule has 3 aliphatic rings. The van der Waals surface area contributed by atoms with Gasteiger partial charge in [-0.1, -0.05) is 29.9 Å². The summed E-state index contributed by atoms with van der Waals surface area (Å²) in [6, 6.07) is 3.27. The lowest BCUT2D eigenvalue weighted by Gasteiger charge is -2.30. The van der Waals surface area contributed by atoms with Crippen LogP contribution < -0.4 is 9.91 Å². The van der Waals surface area contributed by atoms with E-state index < -0.39 is 36.0 Å². The lowest BCUT2D eigenvalue weighted by atomic mass is 10.1. The van der Waals surface area contributed by atoms with Crippen LogP contribution in [-0.4, -0.2) is 76.3 Å². The normalized spacial score (nSPS) is 31.9. The van der Waals surface area contributed by atoms with Crippen molar-refractivity contribution in [1.82, 2.24) is 14.6 Å². The first-order valence-electron chi connectivity index (χ1n) is 12.2. The molecule has 0 amide bonds. The fourth-order valence-electron chi connectivity index (χ4n) is 5.03. The fraction of sp³-hybridized carbons (Fsp3) is 0.542. The van der Waals surface area contributed by atoms with Gasteiger partial charge in [0, 0.05) is 29.4 Å². The first-order chi connectivity index (χ1) is 17.8. The van der Waals surface area contributed by atoms with Gasteiger partial charge in [0.25, 0.3) is 5.82 Å². The second kappa shape index (κ2) is 10.3. The Bertz CT molecular complexity index is 1220. The van der Waals surface area contributed by atoms with Gasteiger partial charge in [0.15, 0.2) is 28.7 Å². The molecule has 1 aliphatic heterocycles. The highest BCUT2D eigenvalue weighted by Crippen LogP contribution is 2.50. The number of aliphatic hydroxyl groups excluding tert-OH is 2. The maximum absolute atomic E-state index is 13.7. The number of hydrogen-bond acceptors (Lipinski definition) is 10. The maximum atomic E-state index is 13.7. The molecule has 2 heterocycles. The smallest absolute Gasteiger partial charge is 0.290 e. The Morgan fingerprint density at radius 1 is 1.22 bits per heavy atom. The molecule has 198 valence electrons. The van der Waals surface area contributed by atoms with E-state index in [9.17, 15) is 23.8 Å². The zero-order valence-corrected chi connectivity index (χ0v) is 21.2. The molecule has 2 saturated carbocycles. The predicted molar refractivity (Wildman–Crippen MR) is 133 cm³/mol. The first kappa shape index (κ1) is 26.0. The molecular formula is C24H29F2N6O4S+. The van der Waals surface area contributed by atoms with E-state index in [0.29, 0.717) is 40.7 Å². The summed E-state index contributed by atoms with van der Waals surface area (Å²) in [6.45, 7) is 1.87. The number of rotatable bonds is 10. The average Bonchev–Trinajstić information content (AvgIpc) is 3.48. The van der Waals surface area contributed by atoms with E-state index in [0.717, 1.165) is 18.2 Å². The number of carbonyl (C=O) groups is 1. The number of halogens is 2. The van der Waals surface area contributed by atoms with E-state index in [1.807, 2.05) is 0 Å². The fourth-order valence-corrected chi connectivity index (χ4v) is 5.72. The van der Waals surface area contributed by atoms with Gasteiger partial charge in [-0.2, -0.15) is 4.98 Å². The SMILES string of the molecule is CCCSc1nc(NC2CC2c2ccc(F)c(F)c2)c2c(n1)[N+](C)(C1CC(OCC=O)C(O)C1O)N=N2. The molecule has 7 unspecified atom stereocenters. The van der Waals surface area contributed by atoms with Crippen LogP contribution in [0.1, 0.15) is 37.7 Å². The molecule has 3 N–H and O–H groups in total. The summed E-state index contributed by atoms with van der Waals surface area (Å²) in [6.07, 6.45) is -0.609. The maximum Gasteiger partial charge on any atom is 0.290 e. The second-order valence-electron chi connectivity index (χ2n) is 9.68. The van der Waals surface area contributed by atoms with E-state index in [1.165, 1.54) is 17.8 Å². The summed E-state index contributed by atoms with van der Waals surface area (Å²) < 4.78 is 32.3. The van der Waals surface area contributed by atoms with Crippen molar-refractivity contribution in [2.24, 2.45) is 10.3 Å². The second-order valence-corrected chi connectivity index (χ2v) is 10.7. The van der Waals surface area contributed by atoms with Crippen molar-refractivity contribution in [2.45, 2.75) is 67.7 Å². The number of aliphatic hydroxyl groups is 2. The number of benzene rings is 1. The Morgan fingerprint density at radius 2 is 2.03 bits per heavy atom. The van der Waals surface area contributed by atoms with Crippen LogP contribution in [0.5, 0.6) is 0 Å². The number of ether oxygens (including phenoxy) is 1. The zero-order valence-electron chi connectivity index (χ0n) is 20.4. The Morgan fingerprint density at radius 3 is 2.76 bits per heavy atom. The summed E-state index contributed by atoms with van der Waals surface area (Å²) >= 11 is 1.48. The minimum Gasteiger partial charge on any atom is -0.387 e. The molecule has 5 rings (SSSR count). The van der Waals surface area contributed by atoms with Gasteiger partial charge in [0.1, 0.15) is 32.1 Å². The summed E-state index contributed by atoms with van der Waals surface area (Å²) in [5.41, 5.74) is 1.13. The number of carbonyl (C=O) groups excluding carboxylic acids is 1. The van der Waals surface area contributed by atoms with Crippen LogP contribution in [0, 0.1) is 11.6 Å². The van der Waals surface area contributed by atoms with Gasteiger partial charge >= 0.3 is 0 Å². The predicted octanol–water partition coefficient (Wildman–Crippen LogP) is 3.25. The molecule has 10 nitrogen and oxygen atoms in total. The molecule has 0 spiro atoms. The van der Waals surface area contributed by atoms with Gasteiger partial charge in [-0.15, -0.1) is 4.59 Å². The number of nitrogens with one attached hydrogen (secondary N) is 1. The van der Waals surface area contributed by atoms with Crippen LogP contribution in [-0.2, 0) is 9.53 Å². The molecule has 7 atom stereocenters. The van der Waals surface area contributed by atoms with Crippen molar-refractivity contribution in [3.8, 4) is 0 Å². The van der Waals surface area contributed by atoms with Crippen LogP contribution >= 0.6 is 11.8 Å². The van der Waals surface area contributed by atoms with Crippen LogP contribution in [0.3, 0.4) is 0 Å². The number of hydrogen-bond donors (Lipinski definition) is 3. The molecule has 1 aromatic carbocycles. The molecule has 0 radical (unpaired) electrons. The monoisotopic (exact) mass is 535 g/mol. The van der Waals surface area contributed by atoms with Crippen molar-refractivity contribution in [1.29, 1.82) is 0 Å². The quantitative estimate of drug-likeness (QED) is 0.183. The lowest BCUT2D eigenvalue weighted by Crippen LogP contribution is -2.53. The van der Waals surface area contributed by atoms with E-state index >= 15 is 0 Å². The van der Waals surface area contributed by atoms with Gasteiger partial charge in [-0.3, -0.25) is 0 Å². The Hall–Kier alpha value is -2.58. The van der Waals surface area contributed by atoms with E-state index in [1.54, 1.807) is 13.1 Å². The summed E-state index contributed by atoms with van der Waals surface area (Å²) in [7, 11) is 1.75. The molecule has 37 heavy (non-hydrogen) atoms. The van der Waals surface area contributed by atoms with Crippen LogP contribution in [0.25, 0.3) is 0 Å². The van der Waals surface area contributed by atoms with Crippen molar-refractivity contribution >= 4 is 35.4 Å². The molecule has 2 fully saturated rings. The van der Waals surface area contributed by atoms with Gasteiger partial charge < -0.3 is 25.1 Å². The van der Waals surface area contributed by atoms with Crippen molar-refractivity contribution < 1.29 is 28.5 Å². The summed E-state index contributed by atoms with van der Waals surface area (Å²) in [4.78, 5) is 20.2. The highest BCUT2D eigenvalue weighted by molar-refractivity contribution is 7.99. The van der Waals surface area contributed by atoms with Gasteiger partial charge in [-0.25, -0.2) is 13.8 Å². The summed E-state index contributed by atoms with van der Waals surface area (Å²) in [5.74, 6) is -0.00741. The van der Waals surface area contributed by atoms with Crippen molar-refractivity contribution in [2.75, 3.05) is 24.7 Å². The number of thioether (sulfide) groups is 1. The molecular weight excluding hydrogens is 506 g/mol. The molecule has 2 aromatic rings. The minimum absolute atomic E-state index is 0.00537. The molecule has 1 aromatic heterocycles. The van der Waals surface area contributed by atoms with Gasteiger partial charge in [0.05, 0.1) is 6.10 Å².